The number of pyridine rings is 1. The lowest BCUT2D eigenvalue weighted by molar-refractivity contribution is 0.288. The molecule has 3 nitrogen and oxygen atoms in total. The van der Waals surface area contributed by atoms with E-state index < -0.39 is 0 Å². The number of hydrogen-bond donors (Lipinski definition) is 0. The molecule has 0 saturated carbocycles. The fourth-order valence-electron chi connectivity index (χ4n) is 1.63. The van der Waals surface area contributed by atoms with Gasteiger partial charge in [-0.25, -0.2) is 0 Å². The summed E-state index contributed by atoms with van der Waals surface area (Å²) in [5.41, 5.74) is 0. The lowest BCUT2D eigenvalue weighted by atomic mass is 10.1. The van der Waals surface area contributed by atoms with Crippen LogP contribution in [0.2, 0.25) is 0 Å². The molecule has 0 fully saturated rings. The second kappa shape index (κ2) is 4.84. The highest BCUT2D eigenvalue weighted by molar-refractivity contribution is 5.85. The summed E-state index contributed by atoms with van der Waals surface area (Å²) in [4.78, 5) is 4.09. The number of ether oxygens (including phenoxy) is 2. The maximum Gasteiger partial charge on any atom is 0.161 e. The Kier molecular flexibility index (Phi) is 3.25. The van der Waals surface area contributed by atoms with E-state index in [1.54, 1.807) is 6.20 Å². The predicted octanol–water partition coefficient (Wildman–Crippen LogP) is 3.03. The minimum Gasteiger partial charge on any atom is -0.490 e. The number of hydrogen-bond acceptors (Lipinski definition) is 3. The third-order valence-electron chi connectivity index (χ3n) is 2.30. The molecule has 0 aliphatic carbocycles. The fraction of sp³-hybridized carbons (Fsp3) is 0.308. The van der Waals surface area contributed by atoms with Gasteiger partial charge in [0.2, 0.25) is 0 Å². The minimum absolute atomic E-state index is 0.631. The van der Waals surface area contributed by atoms with Gasteiger partial charge in [-0.15, -0.1) is 0 Å². The molecule has 0 N–H and O–H groups in total. The summed E-state index contributed by atoms with van der Waals surface area (Å²) in [7, 11) is 0. The molecule has 0 aliphatic rings. The molecule has 1 heterocycles. The smallest absolute Gasteiger partial charge is 0.161 e. The van der Waals surface area contributed by atoms with Gasteiger partial charge in [-0.3, -0.25) is 4.98 Å². The quantitative estimate of drug-likeness (QED) is 0.788. The molecule has 0 atom stereocenters. The van der Waals surface area contributed by atoms with Gasteiger partial charge in [0.1, 0.15) is 0 Å². The van der Waals surface area contributed by atoms with Crippen LogP contribution in [0.25, 0.3) is 10.8 Å². The first-order valence-corrected chi connectivity index (χ1v) is 5.48. The number of rotatable bonds is 4. The Labute approximate surface area is 95.0 Å². The third kappa shape index (κ3) is 2.08. The molecule has 0 amide bonds. The highest BCUT2D eigenvalue weighted by Crippen LogP contribution is 2.32. The van der Waals surface area contributed by atoms with Crippen molar-refractivity contribution < 1.29 is 9.47 Å². The molecule has 0 bridgehead atoms. The van der Waals surface area contributed by atoms with Crippen LogP contribution < -0.4 is 9.47 Å². The van der Waals surface area contributed by atoms with Crippen molar-refractivity contribution in [1.29, 1.82) is 0 Å². The van der Waals surface area contributed by atoms with Crippen LogP contribution >= 0.6 is 0 Å². The second-order valence-corrected chi connectivity index (χ2v) is 3.39. The van der Waals surface area contributed by atoms with E-state index in [2.05, 4.69) is 4.98 Å². The summed E-state index contributed by atoms with van der Waals surface area (Å²) in [6.07, 6.45) is 3.60. The molecule has 0 aliphatic heterocycles. The molecule has 2 rings (SSSR count). The Morgan fingerprint density at radius 1 is 1.00 bits per heavy atom. The van der Waals surface area contributed by atoms with Gasteiger partial charge in [0.05, 0.1) is 13.2 Å². The number of fused-ring (bicyclic) bond motifs is 1. The van der Waals surface area contributed by atoms with E-state index in [9.17, 15) is 0 Å². The van der Waals surface area contributed by atoms with E-state index in [4.69, 9.17) is 9.47 Å². The average molecular weight is 217 g/mol. The van der Waals surface area contributed by atoms with Gasteiger partial charge >= 0.3 is 0 Å². The number of aromatic nitrogens is 1. The Bertz CT molecular complexity index is 438. The van der Waals surface area contributed by atoms with Gasteiger partial charge in [0.15, 0.2) is 11.5 Å². The van der Waals surface area contributed by atoms with Crippen molar-refractivity contribution in [2.75, 3.05) is 13.2 Å². The molecule has 16 heavy (non-hydrogen) atoms. The van der Waals surface area contributed by atoms with Crippen LogP contribution in [0, 0.1) is 0 Å². The predicted molar refractivity (Wildman–Crippen MR) is 64.1 cm³/mol. The molecule has 0 spiro atoms. The largest absolute Gasteiger partial charge is 0.490 e. The fourth-order valence-corrected chi connectivity index (χ4v) is 1.63. The third-order valence-corrected chi connectivity index (χ3v) is 2.30. The van der Waals surface area contributed by atoms with Crippen LogP contribution in [0.4, 0.5) is 0 Å². The van der Waals surface area contributed by atoms with Gasteiger partial charge in [-0.1, -0.05) is 0 Å². The van der Waals surface area contributed by atoms with Crippen molar-refractivity contribution in [3.05, 3.63) is 30.6 Å². The van der Waals surface area contributed by atoms with Gasteiger partial charge in [-0.2, -0.15) is 0 Å². The summed E-state index contributed by atoms with van der Waals surface area (Å²) in [5, 5.41) is 2.18. The SMILES string of the molecule is CCOc1cc2ccncc2cc1OCC. The Balaban J connectivity index is 2.51. The number of nitrogens with zero attached hydrogens (tertiary/aromatic N) is 1. The van der Waals surface area contributed by atoms with Gasteiger partial charge in [0, 0.05) is 17.8 Å². The second-order valence-electron chi connectivity index (χ2n) is 3.39. The van der Waals surface area contributed by atoms with E-state index in [1.165, 1.54) is 0 Å². The zero-order valence-electron chi connectivity index (χ0n) is 9.56. The first-order chi connectivity index (χ1) is 7.85. The Morgan fingerprint density at radius 2 is 1.62 bits per heavy atom. The van der Waals surface area contributed by atoms with E-state index in [-0.39, 0.29) is 0 Å². The van der Waals surface area contributed by atoms with E-state index in [0.29, 0.717) is 13.2 Å². The highest BCUT2D eigenvalue weighted by Gasteiger charge is 2.06. The van der Waals surface area contributed by atoms with Crippen LogP contribution in [0.15, 0.2) is 30.6 Å². The maximum atomic E-state index is 5.55. The van der Waals surface area contributed by atoms with Crippen LogP contribution in [-0.4, -0.2) is 18.2 Å². The van der Waals surface area contributed by atoms with Crippen LogP contribution in [0.1, 0.15) is 13.8 Å². The minimum atomic E-state index is 0.631. The zero-order valence-corrected chi connectivity index (χ0v) is 9.56. The summed E-state index contributed by atoms with van der Waals surface area (Å²) >= 11 is 0. The van der Waals surface area contributed by atoms with Crippen LogP contribution in [0.5, 0.6) is 11.5 Å². The van der Waals surface area contributed by atoms with Crippen molar-refractivity contribution in [3.8, 4) is 11.5 Å². The summed E-state index contributed by atoms with van der Waals surface area (Å²) in [5.74, 6) is 1.58. The standard InChI is InChI=1S/C13H15NO2/c1-3-15-12-7-10-5-6-14-9-11(10)8-13(12)16-4-2/h5-9H,3-4H2,1-2H3. The summed E-state index contributed by atoms with van der Waals surface area (Å²) < 4.78 is 11.1. The van der Waals surface area contributed by atoms with E-state index in [1.807, 2.05) is 38.2 Å². The molecule has 0 unspecified atom stereocenters. The van der Waals surface area contributed by atoms with Gasteiger partial charge in [0.25, 0.3) is 0 Å². The normalized spacial score (nSPS) is 10.4. The van der Waals surface area contributed by atoms with Crippen molar-refractivity contribution >= 4 is 10.8 Å². The van der Waals surface area contributed by atoms with E-state index in [0.717, 1.165) is 22.3 Å². The highest BCUT2D eigenvalue weighted by atomic mass is 16.5. The first kappa shape index (κ1) is 10.7. The Morgan fingerprint density at radius 3 is 2.25 bits per heavy atom. The molecule has 3 heteroatoms. The van der Waals surface area contributed by atoms with Gasteiger partial charge in [-0.05, 0) is 37.4 Å². The molecule has 0 saturated heterocycles. The zero-order chi connectivity index (χ0) is 11.4. The van der Waals surface area contributed by atoms with Crippen molar-refractivity contribution in [1.82, 2.24) is 4.98 Å². The van der Waals surface area contributed by atoms with Crippen molar-refractivity contribution in [2.24, 2.45) is 0 Å². The lowest BCUT2D eigenvalue weighted by Crippen LogP contribution is -1.98. The molecule has 1 aromatic carbocycles. The summed E-state index contributed by atoms with van der Waals surface area (Å²) in [6.45, 7) is 5.19. The van der Waals surface area contributed by atoms with Gasteiger partial charge < -0.3 is 9.47 Å². The van der Waals surface area contributed by atoms with Crippen molar-refractivity contribution in [2.45, 2.75) is 13.8 Å². The van der Waals surface area contributed by atoms with Crippen LogP contribution in [0.3, 0.4) is 0 Å². The van der Waals surface area contributed by atoms with Crippen molar-refractivity contribution in [3.63, 3.8) is 0 Å². The topological polar surface area (TPSA) is 31.4 Å². The summed E-state index contributed by atoms with van der Waals surface area (Å²) in [6, 6.07) is 5.93. The molecule has 1 aromatic heterocycles. The molecular weight excluding hydrogens is 202 g/mol. The molecule has 84 valence electrons. The van der Waals surface area contributed by atoms with E-state index >= 15 is 0 Å². The monoisotopic (exact) mass is 217 g/mol. The van der Waals surface area contributed by atoms with Crippen LogP contribution in [-0.2, 0) is 0 Å². The molecular formula is C13H15NO2. The Hall–Kier alpha value is -1.77. The number of benzene rings is 1. The average Bonchev–Trinajstić information content (AvgIpc) is 2.30. The molecule has 2 aromatic rings. The molecule has 0 radical (unpaired) electrons. The maximum absolute atomic E-state index is 5.55. The lowest BCUT2D eigenvalue weighted by Gasteiger charge is -2.11. The first-order valence-electron chi connectivity index (χ1n) is 5.48.